The first-order valence-electron chi connectivity index (χ1n) is 9.74. The largest absolute Gasteiger partial charge is 0.368 e. The lowest BCUT2D eigenvalue weighted by atomic mass is 10.00. The number of piperidine rings is 1. The van der Waals surface area contributed by atoms with Crippen molar-refractivity contribution in [2.24, 2.45) is 5.92 Å². The number of aromatic nitrogens is 5. The fourth-order valence-corrected chi connectivity index (χ4v) is 3.77. The Kier molecular flexibility index (Phi) is 5.03. The average molecular weight is 365 g/mol. The van der Waals surface area contributed by atoms with Gasteiger partial charge in [0.2, 0.25) is 0 Å². The van der Waals surface area contributed by atoms with Gasteiger partial charge in [-0.1, -0.05) is 0 Å². The predicted octanol–water partition coefficient (Wildman–Crippen LogP) is 3.19. The van der Waals surface area contributed by atoms with E-state index in [2.05, 4.69) is 46.5 Å². The van der Waals surface area contributed by atoms with Gasteiger partial charge < -0.3 is 10.6 Å². The van der Waals surface area contributed by atoms with Crippen LogP contribution in [-0.4, -0.2) is 44.4 Å². The smallest absolute Gasteiger partial charge is 0.154 e. The number of anilines is 1. The van der Waals surface area contributed by atoms with E-state index < -0.39 is 0 Å². The highest BCUT2D eigenvalue weighted by atomic mass is 15.3. The summed E-state index contributed by atoms with van der Waals surface area (Å²) in [5.41, 5.74) is 4.71. The molecule has 0 amide bonds. The quantitative estimate of drug-likeness (QED) is 0.723. The van der Waals surface area contributed by atoms with Crippen molar-refractivity contribution in [3.8, 4) is 11.3 Å². The van der Waals surface area contributed by atoms with Crippen molar-refractivity contribution in [1.82, 2.24) is 30.0 Å². The van der Waals surface area contributed by atoms with Gasteiger partial charge in [-0.15, -0.1) is 0 Å². The maximum Gasteiger partial charge on any atom is 0.154 e. The van der Waals surface area contributed by atoms with E-state index in [-0.39, 0.29) is 0 Å². The summed E-state index contributed by atoms with van der Waals surface area (Å²) < 4.78 is 2.03. The van der Waals surface area contributed by atoms with E-state index in [1.807, 2.05) is 16.9 Å². The second kappa shape index (κ2) is 7.60. The molecule has 1 aliphatic rings. The van der Waals surface area contributed by atoms with Crippen LogP contribution in [-0.2, 0) is 0 Å². The Bertz CT molecular complexity index is 925. The Labute approximate surface area is 159 Å². The normalized spacial score (nSPS) is 17.6. The molecule has 1 fully saturated rings. The van der Waals surface area contributed by atoms with Gasteiger partial charge in [-0.25, -0.2) is 9.97 Å². The molecule has 1 saturated heterocycles. The molecule has 0 aromatic carbocycles. The summed E-state index contributed by atoms with van der Waals surface area (Å²) in [5.74, 6) is 1.42. The minimum absolute atomic E-state index is 0.315. The highest BCUT2D eigenvalue weighted by Gasteiger charge is 2.17. The van der Waals surface area contributed by atoms with Gasteiger partial charge >= 0.3 is 0 Å². The van der Waals surface area contributed by atoms with Crippen LogP contribution in [0.4, 0.5) is 5.82 Å². The fourth-order valence-electron chi connectivity index (χ4n) is 3.77. The molecule has 4 heterocycles. The molecule has 2 N–H and O–H groups in total. The van der Waals surface area contributed by atoms with E-state index in [0.29, 0.717) is 12.0 Å². The van der Waals surface area contributed by atoms with Crippen molar-refractivity contribution in [2.45, 2.75) is 39.7 Å². The van der Waals surface area contributed by atoms with Gasteiger partial charge in [0.1, 0.15) is 5.52 Å². The standard InChI is InChI=1S/C20H27N7/c1-13(2)27-14(3)16(12-25-27)17-9-18-19(23-8-7-22-18)20(26-17)24-11-15-5-4-6-21-10-15/h7-9,12-13,15,21H,4-6,10-11H2,1-3H3,(H,24,26). The maximum atomic E-state index is 4.90. The lowest BCUT2D eigenvalue weighted by Crippen LogP contribution is -2.33. The Morgan fingerprint density at radius 1 is 1.30 bits per heavy atom. The van der Waals surface area contributed by atoms with Crippen LogP contribution in [0, 0.1) is 12.8 Å². The fraction of sp³-hybridized carbons (Fsp3) is 0.500. The summed E-state index contributed by atoms with van der Waals surface area (Å²) >= 11 is 0. The second-order valence-corrected chi connectivity index (χ2v) is 7.56. The van der Waals surface area contributed by atoms with Crippen LogP contribution in [0.3, 0.4) is 0 Å². The average Bonchev–Trinajstić information content (AvgIpc) is 3.08. The van der Waals surface area contributed by atoms with Gasteiger partial charge in [0.05, 0.1) is 17.4 Å². The van der Waals surface area contributed by atoms with E-state index >= 15 is 0 Å². The van der Waals surface area contributed by atoms with E-state index in [1.54, 1.807) is 12.4 Å². The van der Waals surface area contributed by atoms with Gasteiger partial charge in [0.15, 0.2) is 5.82 Å². The van der Waals surface area contributed by atoms with Crippen LogP contribution in [0.5, 0.6) is 0 Å². The van der Waals surface area contributed by atoms with Gasteiger partial charge in [-0.3, -0.25) is 9.67 Å². The van der Waals surface area contributed by atoms with Gasteiger partial charge in [0.25, 0.3) is 0 Å². The van der Waals surface area contributed by atoms with Crippen LogP contribution >= 0.6 is 0 Å². The molecule has 0 spiro atoms. The zero-order valence-corrected chi connectivity index (χ0v) is 16.2. The monoisotopic (exact) mass is 365 g/mol. The summed E-state index contributed by atoms with van der Waals surface area (Å²) in [6, 6.07) is 2.32. The molecule has 3 aromatic rings. The Morgan fingerprint density at radius 2 is 2.15 bits per heavy atom. The molecule has 27 heavy (non-hydrogen) atoms. The SMILES string of the molecule is Cc1c(-c2cc3nccnc3c(NCC3CCCNC3)n2)cnn1C(C)C. The van der Waals surface area contributed by atoms with Crippen molar-refractivity contribution in [2.75, 3.05) is 25.0 Å². The highest BCUT2D eigenvalue weighted by molar-refractivity contribution is 5.88. The molecule has 142 valence electrons. The Balaban J connectivity index is 1.70. The number of pyridine rings is 1. The number of nitrogens with one attached hydrogen (secondary N) is 2. The third-order valence-corrected chi connectivity index (χ3v) is 5.22. The van der Waals surface area contributed by atoms with Crippen LogP contribution in [0.25, 0.3) is 22.3 Å². The molecule has 3 aromatic heterocycles. The Hall–Kier alpha value is -2.54. The Morgan fingerprint density at radius 3 is 2.89 bits per heavy atom. The molecule has 0 aliphatic carbocycles. The molecular formula is C20H27N7. The van der Waals surface area contributed by atoms with Crippen LogP contribution in [0.15, 0.2) is 24.7 Å². The zero-order chi connectivity index (χ0) is 18.8. The molecule has 1 aliphatic heterocycles. The van der Waals surface area contributed by atoms with Crippen molar-refractivity contribution in [1.29, 1.82) is 0 Å². The summed E-state index contributed by atoms with van der Waals surface area (Å²) in [5, 5.41) is 11.5. The lowest BCUT2D eigenvalue weighted by Gasteiger charge is -2.23. The molecule has 0 saturated carbocycles. The highest BCUT2D eigenvalue weighted by Crippen LogP contribution is 2.28. The second-order valence-electron chi connectivity index (χ2n) is 7.56. The molecular weight excluding hydrogens is 338 g/mol. The number of fused-ring (bicyclic) bond motifs is 1. The van der Waals surface area contributed by atoms with Crippen molar-refractivity contribution in [3.63, 3.8) is 0 Å². The number of rotatable bonds is 5. The molecule has 7 nitrogen and oxygen atoms in total. The predicted molar refractivity (Wildman–Crippen MR) is 108 cm³/mol. The van der Waals surface area contributed by atoms with Crippen molar-refractivity contribution in [3.05, 3.63) is 30.4 Å². The molecule has 1 atom stereocenters. The van der Waals surface area contributed by atoms with E-state index in [9.17, 15) is 0 Å². The van der Waals surface area contributed by atoms with Crippen molar-refractivity contribution >= 4 is 16.9 Å². The van der Waals surface area contributed by atoms with Crippen LogP contribution in [0.2, 0.25) is 0 Å². The third-order valence-electron chi connectivity index (χ3n) is 5.22. The summed E-state index contributed by atoms with van der Waals surface area (Å²) in [6.07, 6.45) is 7.82. The maximum absolute atomic E-state index is 4.90. The topological polar surface area (TPSA) is 80.6 Å². The molecule has 0 bridgehead atoms. The van der Waals surface area contributed by atoms with Gasteiger partial charge in [0, 0.05) is 36.2 Å². The molecule has 7 heteroatoms. The lowest BCUT2D eigenvalue weighted by molar-refractivity contribution is 0.392. The first-order chi connectivity index (χ1) is 13.1. The first-order valence-corrected chi connectivity index (χ1v) is 9.74. The molecule has 1 unspecified atom stereocenters. The van der Waals surface area contributed by atoms with E-state index in [4.69, 9.17) is 4.98 Å². The van der Waals surface area contributed by atoms with E-state index in [0.717, 1.165) is 53.4 Å². The molecule has 4 rings (SSSR count). The zero-order valence-electron chi connectivity index (χ0n) is 16.2. The van der Waals surface area contributed by atoms with Gasteiger partial charge in [-0.05, 0) is 58.7 Å². The summed E-state index contributed by atoms with van der Waals surface area (Å²) in [4.78, 5) is 13.9. The summed E-state index contributed by atoms with van der Waals surface area (Å²) in [6.45, 7) is 9.42. The first kappa shape index (κ1) is 17.9. The minimum atomic E-state index is 0.315. The number of hydrogen-bond donors (Lipinski definition) is 2. The third kappa shape index (κ3) is 3.64. The van der Waals surface area contributed by atoms with Crippen LogP contribution < -0.4 is 10.6 Å². The number of hydrogen-bond acceptors (Lipinski definition) is 6. The van der Waals surface area contributed by atoms with Crippen LogP contribution in [0.1, 0.15) is 38.4 Å². The van der Waals surface area contributed by atoms with Crippen molar-refractivity contribution < 1.29 is 0 Å². The molecule has 0 radical (unpaired) electrons. The number of nitrogens with zero attached hydrogens (tertiary/aromatic N) is 5. The van der Waals surface area contributed by atoms with E-state index in [1.165, 1.54) is 12.8 Å². The summed E-state index contributed by atoms with van der Waals surface area (Å²) in [7, 11) is 0. The van der Waals surface area contributed by atoms with Gasteiger partial charge in [-0.2, -0.15) is 5.10 Å². The minimum Gasteiger partial charge on any atom is -0.368 e.